The third-order valence-electron chi connectivity index (χ3n) is 2.60. The molecule has 2 aromatic rings. The van der Waals surface area contributed by atoms with Gasteiger partial charge in [-0.3, -0.25) is 0 Å². The highest BCUT2D eigenvalue weighted by Crippen LogP contribution is 2.24. The van der Waals surface area contributed by atoms with E-state index in [2.05, 4.69) is 31.2 Å². The Balaban J connectivity index is 2.11. The summed E-state index contributed by atoms with van der Waals surface area (Å²) < 4.78 is 6.13. The molecule has 0 radical (unpaired) electrons. The van der Waals surface area contributed by atoms with Crippen LogP contribution in [-0.4, -0.2) is 28.3 Å². The van der Waals surface area contributed by atoms with Crippen LogP contribution in [0.5, 0.6) is 5.88 Å². The van der Waals surface area contributed by atoms with Crippen LogP contribution in [-0.2, 0) is 6.42 Å². The van der Waals surface area contributed by atoms with E-state index in [-0.39, 0.29) is 6.61 Å². The molecule has 6 heteroatoms. The van der Waals surface area contributed by atoms with Gasteiger partial charge < -0.3 is 15.2 Å². The lowest BCUT2D eigenvalue weighted by molar-refractivity contribution is 0.299. The Morgan fingerprint density at radius 2 is 2.05 bits per heavy atom. The standard InChI is InChI=1S/C14H16BrN3O2/c1-2-20-13-12(15)9-16-14(18-13)17-11-5-3-10(4-6-11)7-8-19/h3-6,9,19H,2,7-8H2,1H3,(H,16,17,18). The normalized spacial score (nSPS) is 10.3. The van der Waals surface area contributed by atoms with E-state index in [0.717, 1.165) is 15.7 Å². The van der Waals surface area contributed by atoms with E-state index in [1.807, 2.05) is 31.2 Å². The van der Waals surface area contributed by atoms with Gasteiger partial charge in [-0.2, -0.15) is 4.98 Å². The number of hydrogen-bond acceptors (Lipinski definition) is 5. The molecule has 0 unspecified atom stereocenters. The number of rotatable bonds is 6. The number of benzene rings is 1. The van der Waals surface area contributed by atoms with Crippen molar-refractivity contribution in [3.63, 3.8) is 0 Å². The lowest BCUT2D eigenvalue weighted by Crippen LogP contribution is -2.01. The first-order chi connectivity index (χ1) is 9.72. The van der Waals surface area contributed by atoms with Gasteiger partial charge in [0.05, 0.1) is 17.3 Å². The second kappa shape index (κ2) is 7.21. The van der Waals surface area contributed by atoms with Crippen molar-refractivity contribution in [1.29, 1.82) is 0 Å². The molecule has 0 spiro atoms. The monoisotopic (exact) mass is 337 g/mol. The molecule has 1 aromatic heterocycles. The molecule has 0 fully saturated rings. The number of hydrogen-bond donors (Lipinski definition) is 2. The first kappa shape index (κ1) is 14.7. The van der Waals surface area contributed by atoms with Crippen LogP contribution < -0.4 is 10.1 Å². The van der Waals surface area contributed by atoms with Gasteiger partial charge in [0, 0.05) is 12.3 Å². The minimum absolute atomic E-state index is 0.153. The summed E-state index contributed by atoms with van der Waals surface area (Å²) in [6.07, 6.45) is 2.31. The molecule has 0 aliphatic rings. The molecule has 0 atom stereocenters. The Hall–Kier alpha value is -1.66. The summed E-state index contributed by atoms with van der Waals surface area (Å²) in [7, 11) is 0. The zero-order valence-corrected chi connectivity index (χ0v) is 12.7. The van der Waals surface area contributed by atoms with Crippen LogP contribution in [0.2, 0.25) is 0 Å². The number of ether oxygens (including phenoxy) is 1. The number of nitrogens with zero attached hydrogens (tertiary/aromatic N) is 2. The van der Waals surface area contributed by atoms with Crippen molar-refractivity contribution in [2.75, 3.05) is 18.5 Å². The van der Waals surface area contributed by atoms with Crippen LogP contribution in [0.4, 0.5) is 11.6 Å². The van der Waals surface area contributed by atoms with Gasteiger partial charge in [0.15, 0.2) is 0 Å². The van der Waals surface area contributed by atoms with Crippen LogP contribution >= 0.6 is 15.9 Å². The molecular weight excluding hydrogens is 322 g/mol. The van der Waals surface area contributed by atoms with Crippen molar-refractivity contribution < 1.29 is 9.84 Å². The average Bonchev–Trinajstić information content (AvgIpc) is 2.45. The summed E-state index contributed by atoms with van der Waals surface area (Å²) in [5, 5.41) is 12.0. The lowest BCUT2D eigenvalue weighted by Gasteiger charge is -2.08. The number of halogens is 1. The van der Waals surface area contributed by atoms with Crippen LogP contribution in [0, 0.1) is 0 Å². The number of aliphatic hydroxyl groups excluding tert-OH is 1. The first-order valence-electron chi connectivity index (χ1n) is 6.35. The summed E-state index contributed by atoms with van der Waals surface area (Å²) in [6, 6.07) is 7.77. The molecule has 0 aliphatic heterocycles. The number of aliphatic hydroxyl groups is 1. The number of nitrogens with one attached hydrogen (secondary N) is 1. The smallest absolute Gasteiger partial charge is 0.232 e. The van der Waals surface area contributed by atoms with E-state index in [1.165, 1.54) is 0 Å². The highest BCUT2D eigenvalue weighted by atomic mass is 79.9. The highest BCUT2D eigenvalue weighted by Gasteiger charge is 2.06. The van der Waals surface area contributed by atoms with E-state index in [1.54, 1.807) is 6.20 Å². The van der Waals surface area contributed by atoms with Gasteiger partial charge in [-0.1, -0.05) is 12.1 Å². The van der Waals surface area contributed by atoms with E-state index >= 15 is 0 Å². The molecule has 0 saturated heterocycles. The van der Waals surface area contributed by atoms with Gasteiger partial charge in [0.2, 0.25) is 11.8 Å². The fraction of sp³-hybridized carbons (Fsp3) is 0.286. The summed E-state index contributed by atoms with van der Waals surface area (Å²) in [6.45, 7) is 2.60. The summed E-state index contributed by atoms with van der Waals surface area (Å²) in [5.41, 5.74) is 1.97. The Kier molecular flexibility index (Phi) is 5.31. The molecule has 2 N–H and O–H groups in total. The number of anilines is 2. The van der Waals surface area contributed by atoms with Crippen molar-refractivity contribution in [2.24, 2.45) is 0 Å². The fourth-order valence-electron chi connectivity index (χ4n) is 1.66. The summed E-state index contributed by atoms with van der Waals surface area (Å²) in [5.74, 6) is 0.994. The average molecular weight is 338 g/mol. The van der Waals surface area contributed by atoms with Crippen molar-refractivity contribution in [1.82, 2.24) is 9.97 Å². The predicted molar refractivity (Wildman–Crippen MR) is 81.4 cm³/mol. The van der Waals surface area contributed by atoms with Gasteiger partial charge in [-0.25, -0.2) is 4.98 Å². The summed E-state index contributed by atoms with van der Waals surface area (Å²) in [4.78, 5) is 8.47. The Morgan fingerprint density at radius 3 is 2.70 bits per heavy atom. The molecule has 1 aromatic carbocycles. The quantitative estimate of drug-likeness (QED) is 0.848. The molecule has 1 heterocycles. The maximum Gasteiger partial charge on any atom is 0.232 e. The fourth-order valence-corrected chi connectivity index (χ4v) is 1.97. The second-order valence-electron chi connectivity index (χ2n) is 4.08. The van der Waals surface area contributed by atoms with Crippen LogP contribution in [0.3, 0.4) is 0 Å². The summed E-state index contributed by atoms with van der Waals surface area (Å²) >= 11 is 3.34. The van der Waals surface area contributed by atoms with E-state index in [0.29, 0.717) is 24.9 Å². The molecule has 0 bridgehead atoms. The van der Waals surface area contributed by atoms with Crippen molar-refractivity contribution in [3.05, 3.63) is 40.5 Å². The SMILES string of the molecule is CCOc1nc(Nc2ccc(CCO)cc2)ncc1Br. The van der Waals surface area contributed by atoms with E-state index in [4.69, 9.17) is 9.84 Å². The third-order valence-corrected chi connectivity index (χ3v) is 3.15. The number of aromatic nitrogens is 2. The Labute approximate surface area is 126 Å². The Morgan fingerprint density at radius 1 is 1.30 bits per heavy atom. The molecule has 20 heavy (non-hydrogen) atoms. The maximum atomic E-state index is 8.88. The van der Waals surface area contributed by atoms with Crippen LogP contribution in [0.15, 0.2) is 34.9 Å². The van der Waals surface area contributed by atoms with E-state index in [9.17, 15) is 0 Å². The highest BCUT2D eigenvalue weighted by molar-refractivity contribution is 9.10. The minimum Gasteiger partial charge on any atom is -0.477 e. The molecule has 0 amide bonds. The molecule has 5 nitrogen and oxygen atoms in total. The third kappa shape index (κ3) is 3.91. The molecule has 0 saturated carbocycles. The minimum atomic E-state index is 0.153. The maximum absolute atomic E-state index is 8.88. The van der Waals surface area contributed by atoms with Crippen molar-refractivity contribution in [2.45, 2.75) is 13.3 Å². The van der Waals surface area contributed by atoms with Gasteiger partial charge in [-0.05, 0) is 47.0 Å². The van der Waals surface area contributed by atoms with Gasteiger partial charge in [-0.15, -0.1) is 0 Å². The zero-order valence-electron chi connectivity index (χ0n) is 11.1. The Bertz CT molecular complexity index is 561. The first-order valence-corrected chi connectivity index (χ1v) is 7.14. The van der Waals surface area contributed by atoms with Gasteiger partial charge in [0.25, 0.3) is 0 Å². The molecule has 2 rings (SSSR count). The zero-order chi connectivity index (χ0) is 14.4. The second-order valence-corrected chi connectivity index (χ2v) is 4.93. The molecular formula is C14H16BrN3O2. The van der Waals surface area contributed by atoms with Crippen LogP contribution in [0.1, 0.15) is 12.5 Å². The largest absolute Gasteiger partial charge is 0.477 e. The van der Waals surface area contributed by atoms with Gasteiger partial charge >= 0.3 is 0 Å². The van der Waals surface area contributed by atoms with Gasteiger partial charge in [0.1, 0.15) is 0 Å². The lowest BCUT2D eigenvalue weighted by atomic mass is 10.1. The topological polar surface area (TPSA) is 67.3 Å². The molecule has 0 aliphatic carbocycles. The van der Waals surface area contributed by atoms with Crippen LogP contribution in [0.25, 0.3) is 0 Å². The van der Waals surface area contributed by atoms with Crippen molar-refractivity contribution in [3.8, 4) is 5.88 Å². The molecule has 106 valence electrons. The van der Waals surface area contributed by atoms with Crippen molar-refractivity contribution >= 4 is 27.6 Å². The predicted octanol–water partition coefficient (Wildman–Crippen LogP) is 2.92. The van der Waals surface area contributed by atoms with E-state index < -0.39 is 0 Å².